The third kappa shape index (κ3) is 54.5. The molecule has 1 unspecified atom stereocenters. The number of unbranched alkanes of at least 4 members (excludes halogenated alkanes) is 16. The van der Waals surface area contributed by atoms with Gasteiger partial charge in [0.2, 0.25) is 0 Å². The van der Waals surface area contributed by atoms with Crippen LogP contribution in [0.25, 0.3) is 0 Å². The number of rotatable bonds is 49. The fourth-order valence-corrected chi connectivity index (χ4v) is 7.26. The van der Waals surface area contributed by atoms with Gasteiger partial charge >= 0.3 is 17.9 Å². The third-order valence-electron chi connectivity index (χ3n) is 11.4. The van der Waals surface area contributed by atoms with Gasteiger partial charge in [0.25, 0.3) is 0 Å². The summed E-state index contributed by atoms with van der Waals surface area (Å²) in [6.07, 6.45) is 80.3. The van der Waals surface area contributed by atoms with E-state index in [1.807, 2.05) is 12.2 Å². The van der Waals surface area contributed by atoms with Gasteiger partial charge in [-0.25, -0.2) is 0 Å². The van der Waals surface area contributed by atoms with E-state index >= 15 is 0 Å². The summed E-state index contributed by atoms with van der Waals surface area (Å²) in [4.78, 5) is 38.0. The quantitative estimate of drug-likeness (QED) is 0.0262. The molecule has 1 atom stereocenters. The predicted molar refractivity (Wildman–Crippen MR) is 302 cm³/mol. The van der Waals surface area contributed by atoms with Crippen LogP contribution in [0.5, 0.6) is 0 Å². The van der Waals surface area contributed by atoms with Crippen molar-refractivity contribution in [1.29, 1.82) is 0 Å². The number of ether oxygens (including phenoxy) is 3. The molecule has 0 aromatic rings. The van der Waals surface area contributed by atoms with E-state index in [1.54, 1.807) is 0 Å². The topological polar surface area (TPSA) is 78.9 Å². The van der Waals surface area contributed by atoms with Crippen LogP contribution in [0.2, 0.25) is 0 Å². The SMILES string of the molecule is CC/C=C\C/C=C\C/C=C\C/C=C\C/C=C\C/C=C\C/C=C\CCCCCCCC(=O)OCC(COC(=O)CCCCCCCCCCCCCC)OC(=O)CC/C=C\C/C=C\C/C=C\C/C=C\CC. The van der Waals surface area contributed by atoms with Gasteiger partial charge in [-0.1, -0.05) is 244 Å². The Hall–Kier alpha value is -4.45. The summed E-state index contributed by atoms with van der Waals surface area (Å²) >= 11 is 0. The van der Waals surface area contributed by atoms with Crippen molar-refractivity contribution in [2.75, 3.05) is 13.2 Å². The summed E-state index contributed by atoms with van der Waals surface area (Å²) < 4.78 is 16.7. The van der Waals surface area contributed by atoms with Crippen molar-refractivity contribution in [1.82, 2.24) is 0 Å². The number of allylic oxidation sites excluding steroid dienone is 22. The second-order valence-electron chi connectivity index (χ2n) is 18.1. The zero-order chi connectivity index (χ0) is 50.7. The Morgan fingerprint density at radius 1 is 0.300 bits per heavy atom. The van der Waals surface area contributed by atoms with Gasteiger partial charge in [0.05, 0.1) is 0 Å². The molecule has 0 radical (unpaired) electrons. The number of esters is 3. The fourth-order valence-electron chi connectivity index (χ4n) is 7.26. The average Bonchev–Trinajstić information content (AvgIpc) is 3.36. The van der Waals surface area contributed by atoms with Gasteiger partial charge in [-0.05, 0) is 103 Å². The molecule has 0 fully saturated rings. The highest BCUT2D eigenvalue weighted by Gasteiger charge is 2.19. The van der Waals surface area contributed by atoms with Crippen molar-refractivity contribution < 1.29 is 28.6 Å². The molecular formula is C64H102O6. The first-order chi connectivity index (χ1) is 34.5. The van der Waals surface area contributed by atoms with Crippen molar-refractivity contribution in [3.8, 4) is 0 Å². The van der Waals surface area contributed by atoms with Gasteiger partial charge in [-0.15, -0.1) is 0 Å². The van der Waals surface area contributed by atoms with Crippen molar-refractivity contribution in [3.63, 3.8) is 0 Å². The minimum absolute atomic E-state index is 0.115. The van der Waals surface area contributed by atoms with E-state index in [9.17, 15) is 14.4 Å². The van der Waals surface area contributed by atoms with E-state index in [1.165, 1.54) is 57.8 Å². The lowest BCUT2D eigenvalue weighted by Crippen LogP contribution is -2.30. The highest BCUT2D eigenvalue weighted by molar-refractivity contribution is 5.71. The van der Waals surface area contributed by atoms with Crippen molar-refractivity contribution in [2.45, 2.75) is 239 Å². The number of hydrogen-bond donors (Lipinski definition) is 0. The van der Waals surface area contributed by atoms with Crippen LogP contribution in [-0.2, 0) is 28.6 Å². The molecule has 0 saturated heterocycles. The van der Waals surface area contributed by atoms with Crippen LogP contribution in [0, 0.1) is 0 Å². The summed E-state index contributed by atoms with van der Waals surface area (Å²) in [5, 5.41) is 0. The highest BCUT2D eigenvalue weighted by Crippen LogP contribution is 2.14. The second kappa shape index (κ2) is 57.1. The standard InChI is InChI=1S/C64H102O6/c1-4-7-10-13-16-19-22-25-26-27-28-29-30-31-32-33-34-35-36-37-38-40-42-45-48-51-54-57-63(66)69-60-61(59-68-62(65)56-53-50-47-44-41-24-21-18-15-12-9-6-3)70-64(67)58-55-52-49-46-43-39-23-20-17-14-11-8-5-2/h7-8,10-11,16-17,19-20,25-26,28-29,31-32,34-35,37-39,43,49,52,61H,4-6,9,12-15,18,21-24,27,30,33,36,40-42,44-48,50-51,53-60H2,1-3H3/b10-7-,11-8-,19-16-,20-17-,26-25-,29-28-,32-31-,35-34-,38-37-,43-39-,52-49-. The summed E-state index contributed by atoms with van der Waals surface area (Å²) in [7, 11) is 0. The lowest BCUT2D eigenvalue weighted by atomic mass is 10.0. The molecule has 0 aromatic heterocycles. The fraction of sp³-hybridized carbons (Fsp3) is 0.609. The van der Waals surface area contributed by atoms with Gasteiger partial charge in [0.1, 0.15) is 13.2 Å². The van der Waals surface area contributed by atoms with E-state index in [-0.39, 0.29) is 31.6 Å². The number of hydrogen-bond acceptors (Lipinski definition) is 6. The maximum Gasteiger partial charge on any atom is 0.306 e. The molecule has 0 amide bonds. The zero-order valence-corrected chi connectivity index (χ0v) is 45.0. The minimum atomic E-state index is -0.827. The van der Waals surface area contributed by atoms with E-state index in [0.29, 0.717) is 19.3 Å². The summed E-state index contributed by atoms with van der Waals surface area (Å²) in [6, 6.07) is 0. The Kier molecular flexibility index (Phi) is 53.5. The first-order valence-corrected chi connectivity index (χ1v) is 28.2. The maximum atomic E-state index is 12.8. The summed E-state index contributed by atoms with van der Waals surface area (Å²) in [5.41, 5.74) is 0. The highest BCUT2D eigenvalue weighted by atomic mass is 16.6. The minimum Gasteiger partial charge on any atom is -0.462 e. The second-order valence-corrected chi connectivity index (χ2v) is 18.1. The number of carbonyl (C=O) groups is 3. The molecular weight excluding hydrogens is 865 g/mol. The smallest absolute Gasteiger partial charge is 0.306 e. The molecule has 0 N–H and O–H groups in total. The molecule has 6 heteroatoms. The lowest BCUT2D eigenvalue weighted by Gasteiger charge is -2.18. The molecule has 0 aliphatic carbocycles. The van der Waals surface area contributed by atoms with E-state index in [0.717, 1.165) is 128 Å². The molecule has 0 spiro atoms. The monoisotopic (exact) mass is 967 g/mol. The Morgan fingerprint density at radius 2 is 0.586 bits per heavy atom. The number of carbonyl (C=O) groups excluding carboxylic acids is 3. The molecule has 0 aliphatic heterocycles. The Morgan fingerprint density at radius 3 is 0.929 bits per heavy atom. The van der Waals surface area contributed by atoms with Crippen LogP contribution in [0.4, 0.5) is 0 Å². The van der Waals surface area contributed by atoms with Gasteiger partial charge in [-0.2, -0.15) is 0 Å². The molecule has 0 aromatic carbocycles. The van der Waals surface area contributed by atoms with E-state index in [4.69, 9.17) is 14.2 Å². The van der Waals surface area contributed by atoms with E-state index < -0.39 is 12.1 Å². The van der Waals surface area contributed by atoms with Gasteiger partial charge in [-0.3, -0.25) is 14.4 Å². The van der Waals surface area contributed by atoms with Crippen molar-refractivity contribution >= 4 is 17.9 Å². The van der Waals surface area contributed by atoms with Gasteiger partial charge in [0, 0.05) is 19.3 Å². The zero-order valence-electron chi connectivity index (χ0n) is 45.0. The largest absolute Gasteiger partial charge is 0.462 e. The van der Waals surface area contributed by atoms with Crippen molar-refractivity contribution in [2.24, 2.45) is 0 Å². The molecule has 6 nitrogen and oxygen atoms in total. The van der Waals surface area contributed by atoms with Crippen LogP contribution in [-0.4, -0.2) is 37.2 Å². The van der Waals surface area contributed by atoms with Gasteiger partial charge < -0.3 is 14.2 Å². The van der Waals surface area contributed by atoms with E-state index in [2.05, 4.69) is 142 Å². The Bertz CT molecular complexity index is 1530. The summed E-state index contributed by atoms with van der Waals surface area (Å²) in [5.74, 6) is -1.02. The molecule has 0 bridgehead atoms. The first-order valence-electron chi connectivity index (χ1n) is 28.2. The van der Waals surface area contributed by atoms with Crippen LogP contribution < -0.4 is 0 Å². The van der Waals surface area contributed by atoms with Crippen LogP contribution in [0.15, 0.2) is 134 Å². The molecule has 70 heavy (non-hydrogen) atoms. The normalized spacial score (nSPS) is 13.1. The first kappa shape index (κ1) is 65.5. The van der Waals surface area contributed by atoms with Crippen LogP contribution in [0.1, 0.15) is 233 Å². The molecule has 394 valence electrons. The van der Waals surface area contributed by atoms with Crippen molar-refractivity contribution in [3.05, 3.63) is 134 Å². The summed E-state index contributed by atoms with van der Waals surface area (Å²) in [6.45, 7) is 6.31. The molecule has 0 rings (SSSR count). The Balaban J connectivity index is 4.40. The predicted octanol–water partition coefficient (Wildman–Crippen LogP) is 19.0. The Labute approximate surface area is 430 Å². The van der Waals surface area contributed by atoms with Gasteiger partial charge in [0.15, 0.2) is 6.10 Å². The molecule has 0 saturated carbocycles. The van der Waals surface area contributed by atoms with Crippen LogP contribution >= 0.6 is 0 Å². The third-order valence-corrected chi connectivity index (χ3v) is 11.4. The average molecular weight is 968 g/mol. The maximum absolute atomic E-state index is 12.8. The lowest BCUT2D eigenvalue weighted by molar-refractivity contribution is -0.166. The molecule has 0 heterocycles. The molecule has 0 aliphatic rings. The van der Waals surface area contributed by atoms with Crippen LogP contribution in [0.3, 0.4) is 0 Å².